The van der Waals surface area contributed by atoms with Gasteiger partial charge < -0.3 is 19.7 Å². The van der Waals surface area contributed by atoms with Gasteiger partial charge in [-0.25, -0.2) is 4.79 Å². The number of anilines is 1. The van der Waals surface area contributed by atoms with E-state index in [2.05, 4.69) is 21.6 Å². The van der Waals surface area contributed by atoms with Crippen molar-refractivity contribution in [2.75, 3.05) is 26.5 Å². The van der Waals surface area contributed by atoms with Crippen molar-refractivity contribution in [2.24, 2.45) is 0 Å². The zero-order chi connectivity index (χ0) is 33.4. The summed E-state index contributed by atoms with van der Waals surface area (Å²) in [5, 5.41) is 3.20. The number of pyridine rings is 1. The van der Waals surface area contributed by atoms with Gasteiger partial charge in [0, 0.05) is 49.7 Å². The number of halogens is 3. The molecular weight excluding hydrogens is 599 g/mol. The first-order valence-electron chi connectivity index (χ1n) is 14.2. The molecule has 1 aromatic heterocycles. The van der Waals surface area contributed by atoms with Crippen molar-refractivity contribution >= 4 is 29.2 Å². The number of carbonyl (C=O) groups excluding carboxylic acids is 3. The Hall–Kier alpha value is -5.45. The first-order valence-corrected chi connectivity index (χ1v) is 14.2. The van der Waals surface area contributed by atoms with Gasteiger partial charge in [0.2, 0.25) is 0 Å². The topological polar surface area (TPSA) is 97.8 Å². The van der Waals surface area contributed by atoms with E-state index in [4.69, 9.17) is 4.74 Å². The second-order valence-corrected chi connectivity index (χ2v) is 10.5. The van der Waals surface area contributed by atoms with Gasteiger partial charge in [0.25, 0.3) is 5.91 Å². The quantitative estimate of drug-likeness (QED) is 0.137. The fourth-order valence-electron chi connectivity index (χ4n) is 4.63. The molecule has 1 N–H and O–H groups in total. The number of nitrogens with one attached hydrogen (secondary N) is 1. The lowest BCUT2D eigenvalue weighted by molar-refractivity contribution is -0.137. The fourth-order valence-corrected chi connectivity index (χ4v) is 4.63. The number of hydrogen-bond donors (Lipinski definition) is 1. The molecule has 0 aliphatic rings. The molecule has 0 radical (unpaired) electrons. The third kappa shape index (κ3) is 8.38. The minimum Gasteiger partial charge on any atom is -0.465 e. The van der Waals surface area contributed by atoms with Gasteiger partial charge in [-0.15, -0.1) is 0 Å². The number of esters is 2. The van der Waals surface area contributed by atoms with Crippen LogP contribution in [-0.4, -0.2) is 48.9 Å². The molecule has 0 atom stereocenters. The minimum atomic E-state index is -4.45. The van der Waals surface area contributed by atoms with Crippen LogP contribution in [0.2, 0.25) is 0 Å². The van der Waals surface area contributed by atoms with E-state index < -0.39 is 23.7 Å². The smallest absolute Gasteiger partial charge is 0.416 e. The van der Waals surface area contributed by atoms with Crippen molar-refractivity contribution < 1.29 is 37.0 Å². The summed E-state index contributed by atoms with van der Waals surface area (Å²) in [5.74, 6) is -0.880. The number of aromatic nitrogens is 1. The van der Waals surface area contributed by atoms with Gasteiger partial charge in [0.15, 0.2) is 0 Å². The van der Waals surface area contributed by atoms with Gasteiger partial charge in [-0.2, -0.15) is 13.2 Å². The van der Waals surface area contributed by atoms with Crippen LogP contribution in [0.15, 0.2) is 91.8 Å². The molecule has 1 heterocycles. The molecule has 0 spiro atoms. The van der Waals surface area contributed by atoms with Crippen molar-refractivity contribution in [3.05, 3.63) is 120 Å². The Bertz CT molecular complexity index is 1730. The highest BCUT2D eigenvalue weighted by Crippen LogP contribution is 2.34. The van der Waals surface area contributed by atoms with Crippen LogP contribution in [-0.2, 0) is 22.1 Å². The van der Waals surface area contributed by atoms with E-state index in [1.54, 1.807) is 44.7 Å². The maximum Gasteiger partial charge on any atom is 0.416 e. The van der Waals surface area contributed by atoms with Gasteiger partial charge in [0.1, 0.15) is 5.75 Å². The van der Waals surface area contributed by atoms with Gasteiger partial charge >= 0.3 is 18.1 Å². The summed E-state index contributed by atoms with van der Waals surface area (Å²) in [6.45, 7) is 4.13. The number of hydrogen-bond acceptors (Lipinski definition) is 7. The largest absolute Gasteiger partial charge is 0.465 e. The highest BCUT2D eigenvalue weighted by Gasteiger charge is 2.30. The first kappa shape index (κ1) is 33.4. The van der Waals surface area contributed by atoms with Crippen LogP contribution >= 0.6 is 0 Å². The van der Waals surface area contributed by atoms with Crippen molar-refractivity contribution in [3.63, 3.8) is 0 Å². The van der Waals surface area contributed by atoms with Crippen molar-refractivity contribution in [2.45, 2.75) is 25.4 Å². The molecule has 1 amide bonds. The average Bonchev–Trinajstić information content (AvgIpc) is 3.04. The number of alkyl halides is 3. The summed E-state index contributed by atoms with van der Waals surface area (Å²) in [5.41, 5.74) is 3.38. The predicted octanol–water partition coefficient (Wildman–Crippen LogP) is 7.27. The lowest BCUT2D eigenvalue weighted by atomic mass is 9.98. The average molecular weight is 632 g/mol. The zero-order valence-corrected chi connectivity index (χ0v) is 25.5. The normalized spacial score (nSPS) is 11.0. The van der Waals surface area contributed by atoms with Gasteiger partial charge in [0.05, 0.1) is 29.5 Å². The second-order valence-electron chi connectivity index (χ2n) is 10.5. The van der Waals surface area contributed by atoms with Crippen LogP contribution in [0, 0.1) is 0 Å². The van der Waals surface area contributed by atoms with Crippen molar-refractivity contribution in [1.82, 2.24) is 9.88 Å². The minimum absolute atomic E-state index is 0.126. The number of ether oxygens (including phenoxy) is 2. The van der Waals surface area contributed by atoms with Crippen LogP contribution in [0.4, 0.5) is 18.9 Å². The summed E-state index contributed by atoms with van der Waals surface area (Å²) in [6, 6.07) is 17.8. The van der Waals surface area contributed by atoms with E-state index in [1.165, 1.54) is 48.4 Å². The highest BCUT2D eigenvalue weighted by atomic mass is 19.4. The maximum atomic E-state index is 13.2. The van der Waals surface area contributed by atoms with E-state index >= 15 is 0 Å². The predicted molar refractivity (Wildman–Crippen MR) is 168 cm³/mol. The molecule has 0 unspecified atom stereocenters. The Morgan fingerprint density at radius 3 is 2.26 bits per heavy atom. The molecule has 0 fully saturated rings. The van der Waals surface area contributed by atoms with Crippen LogP contribution < -0.4 is 10.1 Å². The highest BCUT2D eigenvalue weighted by molar-refractivity contribution is 6.01. The molecule has 3 aromatic carbocycles. The zero-order valence-electron chi connectivity index (χ0n) is 25.5. The number of methoxy groups -OCH3 is 1. The molecule has 238 valence electrons. The Balaban J connectivity index is 1.46. The lowest BCUT2D eigenvalue weighted by Crippen LogP contribution is -2.23. The monoisotopic (exact) mass is 631 g/mol. The number of amides is 1. The van der Waals surface area contributed by atoms with Gasteiger partial charge in [-0.05, 0) is 78.6 Å². The lowest BCUT2D eigenvalue weighted by Gasteiger charge is -2.19. The summed E-state index contributed by atoms with van der Waals surface area (Å²) < 4.78 is 49.3. The summed E-state index contributed by atoms with van der Waals surface area (Å²) in [6.07, 6.45) is -0.279. The van der Waals surface area contributed by atoms with Crippen LogP contribution in [0.5, 0.6) is 5.75 Å². The Morgan fingerprint density at radius 2 is 1.63 bits per heavy atom. The molecule has 0 saturated heterocycles. The molecule has 0 bridgehead atoms. The number of aryl methyl sites for hydroxylation is 1. The molecule has 0 aliphatic carbocycles. The summed E-state index contributed by atoms with van der Waals surface area (Å²) in [7, 11) is 4.55. The van der Waals surface area contributed by atoms with Gasteiger partial charge in [-0.3, -0.25) is 14.6 Å². The van der Waals surface area contributed by atoms with E-state index in [-0.39, 0.29) is 12.3 Å². The Labute approximate surface area is 264 Å². The molecule has 4 aromatic rings. The van der Waals surface area contributed by atoms with E-state index in [0.717, 1.165) is 17.7 Å². The molecule has 46 heavy (non-hydrogen) atoms. The van der Waals surface area contributed by atoms with Crippen LogP contribution in [0.3, 0.4) is 0 Å². The Morgan fingerprint density at radius 1 is 0.935 bits per heavy atom. The molecular formula is C35H32F3N3O5. The number of carbonyl (C=O) groups is 3. The molecule has 11 heteroatoms. The van der Waals surface area contributed by atoms with E-state index in [1.807, 2.05) is 6.07 Å². The standard InChI is InChI=1S/C35H32F3N3O5/c1-22(28-18-19-39-21-30(28)24-9-13-26(14-10-24)35(36,37)38)40-31-17-8-23(20-29(31)33(43)41(2)3)6-5-7-32(42)46-27-15-11-25(12-16-27)34(44)45-4/h8-21,40H,1,5-7H2,2-4H3. The van der Waals surface area contributed by atoms with E-state index in [9.17, 15) is 27.6 Å². The molecule has 4 rings (SSSR count). The van der Waals surface area contributed by atoms with Crippen molar-refractivity contribution in [3.8, 4) is 16.9 Å². The Kier molecular flexibility index (Phi) is 10.6. The maximum absolute atomic E-state index is 13.2. The number of benzene rings is 3. The number of rotatable bonds is 11. The third-order valence-electron chi connectivity index (χ3n) is 7.03. The van der Waals surface area contributed by atoms with Crippen LogP contribution in [0.1, 0.15) is 50.2 Å². The summed E-state index contributed by atoms with van der Waals surface area (Å²) in [4.78, 5) is 42.7. The first-order chi connectivity index (χ1) is 21.9. The third-order valence-corrected chi connectivity index (χ3v) is 7.03. The molecule has 0 saturated carbocycles. The van der Waals surface area contributed by atoms with Crippen LogP contribution in [0.25, 0.3) is 16.8 Å². The van der Waals surface area contributed by atoms with Gasteiger partial charge in [-0.1, -0.05) is 24.8 Å². The SMILES string of the molecule is C=C(Nc1ccc(CCCC(=O)Oc2ccc(C(=O)OC)cc2)cc1C(=O)N(C)C)c1ccncc1-c1ccc(C(F)(F)F)cc1. The molecule has 8 nitrogen and oxygen atoms in total. The van der Waals surface area contributed by atoms with Crippen molar-refractivity contribution in [1.29, 1.82) is 0 Å². The summed E-state index contributed by atoms with van der Waals surface area (Å²) >= 11 is 0. The van der Waals surface area contributed by atoms with E-state index in [0.29, 0.717) is 57.8 Å². The fraction of sp³-hybridized carbons (Fsp3) is 0.200. The second kappa shape index (κ2) is 14.6. The number of nitrogens with zero attached hydrogens (tertiary/aromatic N) is 2. The molecule has 0 aliphatic heterocycles.